The Morgan fingerprint density at radius 3 is 3.09 bits per heavy atom. The average Bonchev–Trinajstić information content (AvgIpc) is 3.18. The predicted molar refractivity (Wildman–Crippen MR) is 88.9 cm³/mol. The summed E-state index contributed by atoms with van der Waals surface area (Å²) >= 11 is 1.71. The Kier molecular flexibility index (Phi) is 3.80. The van der Waals surface area contributed by atoms with Gasteiger partial charge in [0.2, 0.25) is 0 Å². The van der Waals surface area contributed by atoms with Crippen LogP contribution in [0.3, 0.4) is 0 Å². The molecule has 0 radical (unpaired) electrons. The third-order valence-corrected chi connectivity index (χ3v) is 6.04. The lowest BCUT2D eigenvalue weighted by Gasteiger charge is -2.49. The summed E-state index contributed by atoms with van der Waals surface area (Å²) in [6, 6.07) is 4.46. The summed E-state index contributed by atoms with van der Waals surface area (Å²) in [7, 11) is 0. The van der Waals surface area contributed by atoms with Crippen LogP contribution in [-0.4, -0.2) is 44.3 Å². The van der Waals surface area contributed by atoms with E-state index in [2.05, 4.69) is 32.1 Å². The fourth-order valence-electron chi connectivity index (χ4n) is 4.12. The van der Waals surface area contributed by atoms with E-state index in [0.717, 1.165) is 38.0 Å². The molecule has 2 fully saturated rings. The number of fused-ring (bicyclic) bond motifs is 1. The van der Waals surface area contributed by atoms with Gasteiger partial charge in [-0.2, -0.15) is 0 Å². The van der Waals surface area contributed by atoms with Crippen LogP contribution < -0.4 is 0 Å². The molecule has 4 heterocycles. The normalized spacial score (nSPS) is 29.4. The van der Waals surface area contributed by atoms with Crippen molar-refractivity contribution in [2.45, 2.75) is 50.3 Å². The van der Waals surface area contributed by atoms with Gasteiger partial charge in [0.05, 0.1) is 29.0 Å². The number of aromatic nitrogens is 2. The fraction of sp³-hybridized carbons (Fsp3) is 0.588. The van der Waals surface area contributed by atoms with E-state index in [0.29, 0.717) is 12.6 Å². The molecule has 0 aliphatic carbocycles. The Balaban J connectivity index is 1.54. The maximum atomic E-state index is 11.3. The van der Waals surface area contributed by atoms with Gasteiger partial charge in [0, 0.05) is 12.2 Å². The van der Waals surface area contributed by atoms with Crippen molar-refractivity contribution in [1.29, 1.82) is 0 Å². The van der Waals surface area contributed by atoms with Gasteiger partial charge in [0.25, 0.3) is 0 Å². The fourth-order valence-corrected chi connectivity index (χ4v) is 4.81. The standard InChI is InChI=1S/C17H23N3OS/c21-17(7-4-9-20-8-2-1-6-16(17)20)12-19-11-14(18-13-19)15-5-3-10-22-15/h3,5,10-11,13,16,21H,1-2,4,6-9,12H2/t16-,17-/m1/s1. The molecule has 2 aliphatic rings. The summed E-state index contributed by atoms with van der Waals surface area (Å²) in [5.41, 5.74) is 0.404. The van der Waals surface area contributed by atoms with Gasteiger partial charge in [0.1, 0.15) is 0 Å². The highest BCUT2D eigenvalue weighted by Gasteiger charge is 2.44. The summed E-state index contributed by atoms with van der Waals surface area (Å²) in [4.78, 5) is 8.20. The topological polar surface area (TPSA) is 41.3 Å². The van der Waals surface area contributed by atoms with Gasteiger partial charge in [-0.1, -0.05) is 12.5 Å². The highest BCUT2D eigenvalue weighted by atomic mass is 32.1. The second-order valence-corrected chi connectivity index (χ2v) is 7.61. The Hall–Kier alpha value is -1.17. The van der Waals surface area contributed by atoms with Crippen LogP contribution in [0.1, 0.15) is 32.1 Å². The van der Waals surface area contributed by atoms with Crippen LogP contribution >= 0.6 is 11.3 Å². The van der Waals surface area contributed by atoms with E-state index < -0.39 is 5.60 Å². The Morgan fingerprint density at radius 1 is 1.32 bits per heavy atom. The lowest BCUT2D eigenvalue weighted by Crippen LogP contribution is -2.60. The molecule has 0 amide bonds. The summed E-state index contributed by atoms with van der Waals surface area (Å²) in [6.45, 7) is 2.96. The molecule has 2 saturated heterocycles. The monoisotopic (exact) mass is 317 g/mol. The Bertz CT molecular complexity index is 622. The minimum atomic E-state index is -0.605. The van der Waals surface area contributed by atoms with Crippen LogP contribution in [0.25, 0.3) is 10.6 Å². The first-order chi connectivity index (χ1) is 10.7. The molecule has 1 N–H and O–H groups in total. The molecule has 4 nitrogen and oxygen atoms in total. The second-order valence-electron chi connectivity index (χ2n) is 6.66. The molecule has 22 heavy (non-hydrogen) atoms. The molecular weight excluding hydrogens is 294 g/mol. The van der Waals surface area contributed by atoms with Crippen molar-refractivity contribution in [3.05, 3.63) is 30.0 Å². The first-order valence-electron chi connectivity index (χ1n) is 8.27. The van der Waals surface area contributed by atoms with Crippen molar-refractivity contribution < 1.29 is 5.11 Å². The number of hydrogen-bond donors (Lipinski definition) is 1. The highest BCUT2D eigenvalue weighted by molar-refractivity contribution is 7.13. The van der Waals surface area contributed by atoms with Gasteiger partial charge in [-0.3, -0.25) is 4.90 Å². The number of aliphatic hydroxyl groups is 1. The molecule has 2 atom stereocenters. The summed E-state index contributed by atoms with van der Waals surface area (Å²) in [6.07, 6.45) is 9.59. The van der Waals surface area contributed by atoms with Crippen molar-refractivity contribution in [3.8, 4) is 10.6 Å². The first-order valence-corrected chi connectivity index (χ1v) is 9.15. The van der Waals surface area contributed by atoms with Crippen LogP contribution in [0.4, 0.5) is 0 Å². The molecule has 0 saturated carbocycles. The molecule has 0 bridgehead atoms. The molecule has 118 valence electrons. The SMILES string of the molecule is O[C@@]1(Cn2cnc(-c3cccs3)c2)CCCN2CCCC[C@@H]21. The number of imidazole rings is 1. The van der Waals surface area contributed by atoms with Crippen LogP contribution in [0.15, 0.2) is 30.0 Å². The van der Waals surface area contributed by atoms with Crippen molar-refractivity contribution >= 4 is 11.3 Å². The largest absolute Gasteiger partial charge is 0.386 e. The zero-order valence-electron chi connectivity index (χ0n) is 12.8. The highest BCUT2D eigenvalue weighted by Crippen LogP contribution is 2.35. The van der Waals surface area contributed by atoms with E-state index in [1.54, 1.807) is 11.3 Å². The molecule has 0 unspecified atom stereocenters. The average molecular weight is 317 g/mol. The van der Waals surface area contributed by atoms with Crippen molar-refractivity contribution in [1.82, 2.24) is 14.5 Å². The molecule has 2 aromatic rings. The number of hydrogen-bond acceptors (Lipinski definition) is 4. The zero-order valence-corrected chi connectivity index (χ0v) is 13.6. The Morgan fingerprint density at radius 2 is 2.23 bits per heavy atom. The van der Waals surface area contributed by atoms with Crippen molar-refractivity contribution in [2.24, 2.45) is 0 Å². The van der Waals surface area contributed by atoms with E-state index in [1.165, 1.54) is 17.7 Å². The second kappa shape index (κ2) is 5.80. The third kappa shape index (κ3) is 2.62. The molecule has 2 aromatic heterocycles. The maximum absolute atomic E-state index is 11.3. The summed E-state index contributed by atoms with van der Waals surface area (Å²) < 4.78 is 2.08. The van der Waals surface area contributed by atoms with Crippen molar-refractivity contribution in [3.63, 3.8) is 0 Å². The lowest BCUT2D eigenvalue weighted by atomic mass is 9.79. The number of nitrogens with zero attached hydrogens (tertiary/aromatic N) is 3. The van der Waals surface area contributed by atoms with Crippen LogP contribution in [0.5, 0.6) is 0 Å². The molecule has 0 aromatic carbocycles. The molecular formula is C17H23N3OS. The molecule has 0 spiro atoms. The van der Waals surface area contributed by atoms with Gasteiger partial charge in [-0.25, -0.2) is 4.98 Å². The van der Waals surface area contributed by atoms with Gasteiger partial charge in [-0.15, -0.1) is 11.3 Å². The van der Waals surface area contributed by atoms with Crippen LogP contribution in [0, 0.1) is 0 Å². The Labute approximate surface area is 135 Å². The minimum Gasteiger partial charge on any atom is -0.386 e. The zero-order chi connectivity index (χ0) is 15.0. The van der Waals surface area contributed by atoms with Crippen LogP contribution in [0.2, 0.25) is 0 Å². The number of rotatable bonds is 3. The molecule has 4 rings (SSSR count). The van der Waals surface area contributed by atoms with Crippen molar-refractivity contribution in [2.75, 3.05) is 13.1 Å². The summed E-state index contributed by atoms with van der Waals surface area (Å²) in [5.74, 6) is 0. The van der Waals surface area contributed by atoms with E-state index in [-0.39, 0.29) is 0 Å². The lowest BCUT2D eigenvalue weighted by molar-refractivity contribution is -0.103. The third-order valence-electron chi connectivity index (χ3n) is 5.15. The van der Waals surface area contributed by atoms with E-state index in [4.69, 9.17) is 0 Å². The minimum absolute atomic E-state index is 0.322. The smallest absolute Gasteiger partial charge is 0.0981 e. The van der Waals surface area contributed by atoms with Gasteiger partial charge < -0.3 is 9.67 Å². The molecule has 2 aliphatic heterocycles. The maximum Gasteiger partial charge on any atom is 0.0981 e. The number of thiophene rings is 1. The quantitative estimate of drug-likeness (QED) is 0.946. The van der Waals surface area contributed by atoms with Crippen LogP contribution in [-0.2, 0) is 6.54 Å². The first kappa shape index (κ1) is 14.4. The summed E-state index contributed by atoms with van der Waals surface area (Å²) in [5, 5.41) is 13.3. The van der Waals surface area contributed by atoms with E-state index in [1.807, 2.05) is 12.4 Å². The number of piperidine rings is 2. The van der Waals surface area contributed by atoms with Gasteiger partial charge >= 0.3 is 0 Å². The van der Waals surface area contributed by atoms with E-state index >= 15 is 0 Å². The van der Waals surface area contributed by atoms with Gasteiger partial charge in [-0.05, 0) is 50.2 Å². The molecule has 5 heteroatoms. The van der Waals surface area contributed by atoms with E-state index in [9.17, 15) is 5.11 Å². The predicted octanol–water partition coefficient (Wildman–Crippen LogP) is 2.99. The van der Waals surface area contributed by atoms with Gasteiger partial charge in [0.15, 0.2) is 0 Å².